The van der Waals surface area contributed by atoms with Crippen molar-refractivity contribution in [1.82, 2.24) is 14.9 Å². The number of halogens is 1. The van der Waals surface area contributed by atoms with Gasteiger partial charge in [-0.05, 0) is 55.3 Å². The molecule has 0 amide bonds. The number of ether oxygens (including phenoxy) is 2. The third kappa shape index (κ3) is 5.23. The van der Waals surface area contributed by atoms with Gasteiger partial charge in [0.15, 0.2) is 0 Å². The molecular formula is C22H28FN3O2. The Morgan fingerprint density at radius 3 is 2.57 bits per heavy atom. The monoisotopic (exact) mass is 385 g/mol. The minimum Gasteiger partial charge on any atom is -0.497 e. The van der Waals surface area contributed by atoms with Crippen LogP contribution in [-0.2, 0) is 13.1 Å². The van der Waals surface area contributed by atoms with Crippen molar-refractivity contribution < 1.29 is 13.9 Å². The van der Waals surface area contributed by atoms with Gasteiger partial charge in [0.05, 0.1) is 31.2 Å². The van der Waals surface area contributed by atoms with E-state index in [1.165, 1.54) is 12.1 Å². The van der Waals surface area contributed by atoms with Gasteiger partial charge < -0.3 is 19.4 Å². The van der Waals surface area contributed by atoms with E-state index >= 15 is 0 Å². The van der Waals surface area contributed by atoms with E-state index in [2.05, 4.69) is 23.7 Å². The Balaban J connectivity index is 1.72. The van der Waals surface area contributed by atoms with Crippen LogP contribution in [0.1, 0.15) is 26.1 Å². The Labute approximate surface area is 165 Å². The maximum absolute atomic E-state index is 13.0. The molecule has 0 saturated heterocycles. The molecule has 1 aromatic heterocycles. The second kappa shape index (κ2) is 9.55. The predicted octanol–water partition coefficient (Wildman–Crippen LogP) is 4.40. The van der Waals surface area contributed by atoms with Crippen molar-refractivity contribution in [2.75, 3.05) is 20.3 Å². The first-order valence-electron chi connectivity index (χ1n) is 9.69. The molecule has 0 aliphatic rings. The van der Waals surface area contributed by atoms with Crippen molar-refractivity contribution in [1.29, 1.82) is 0 Å². The highest BCUT2D eigenvalue weighted by Crippen LogP contribution is 2.22. The van der Waals surface area contributed by atoms with Crippen LogP contribution in [0.25, 0.3) is 11.0 Å². The number of nitrogens with zero attached hydrogens (tertiary/aromatic N) is 2. The molecule has 28 heavy (non-hydrogen) atoms. The number of methoxy groups -OCH3 is 1. The number of nitrogens with one attached hydrogen (secondary N) is 1. The van der Waals surface area contributed by atoms with E-state index in [1.54, 1.807) is 19.2 Å². The van der Waals surface area contributed by atoms with Crippen molar-refractivity contribution in [2.24, 2.45) is 5.92 Å². The number of aromatic nitrogens is 2. The molecule has 0 unspecified atom stereocenters. The summed E-state index contributed by atoms with van der Waals surface area (Å²) in [7, 11) is 1.66. The van der Waals surface area contributed by atoms with Crippen LogP contribution in [0.3, 0.4) is 0 Å². The summed E-state index contributed by atoms with van der Waals surface area (Å²) in [6, 6.07) is 12.0. The Morgan fingerprint density at radius 2 is 1.86 bits per heavy atom. The normalized spacial score (nSPS) is 11.3. The molecule has 5 nitrogen and oxygen atoms in total. The fourth-order valence-electron chi connectivity index (χ4n) is 3.05. The SMILES string of the molecule is COc1ccc2c(c1)nc(CNCCC(C)C)n2CCOc1ccc(F)cc1. The summed E-state index contributed by atoms with van der Waals surface area (Å²) in [6.45, 7) is 7.21. The van der Waals surface area contributed by atoms with Gasteiger partial charge in [-0.1, -0.05) is 13.8 Å². The summed E-state index contributed by atoms with van der Waals surface area (Å²) >= 11 is 0. The third-order valence-corrected chi connectivity index (χ3v) is 4.61. The summed E-state index contributed by atoms with van der Waals surface area (Å²) in [6.07, 6.45) is 1.13. The van der Waals surface area contributed by atoms with Crippen LogP contribution in [-0.4, -0.2) is 29.8 Å². The molecule has 3 rings (SSSR count). The molecule has 150 valence electrons. The Morgan fingerprint density at radius 1 is 1.11 bits per heavy atom. The zero-order valence-electron chi connectivity index (χ0n) is 16.7. The van der Waals surface area contributed by atoms with Gasteiger partial charge in [-0.25, -0.2) is 9.37 Å². The van der Waals surface area contributed by atoms with Crippen LogP contribution in [0.2, 0.25) is 0 Å². The lowest BCUT2D eigenvalue weighted by Gasteiger charge is -2.12. The molecule has 0 aliphatic heterocycles. The van der Waals surface area contributed by atoms with E-state index in [9.17, 15) is 4.39 Å². The molecule has 0 saturated carbocycles. The van der Waals surface area contributed by atoms with Gasteiger partial charge in [0, 0.05) is 6.07 Å². The first kappa shape index (κ1) is 20.1. The van der Waals surface area contributed by atoms with Crippen molar-refractivity contribution in [3.8, 4) is 11.5 Å². The maximum atomic E-state index is 13.0. The fourth-order valence-corrected chi connectivity index (χ4v) is 3.05. The number of rotatable bonds is 10. The van der Waals surface area contributed by atoms with E-state index in [0.717, 1.165) is 35.6 Å². The average molecular weight is 385 g/mol. The maximum Gasteiger partial charge on any atom is 0.124 e. The van der Waals surface area contributed by atoms with Gasteiger partial charge in [-0.3, -0.25) is 0 Å². The lowest BCUT2D eigenvalue weighted by molar-refractivity contribution is 0.297. The van der Waals surface area contributed by atoms with E-state index in [-0.39, 0.29) is 5.82 Å². The summed E-state index contributed by atoms with van der Waals surface area (Å²) in [5.41, 5.74) is 1.95. The largest absolute Gasteiger partial charge is 0.497 e. The molecule has 0 radical (unpaired) electrons. The molecule has 1 heterocycles. The van der Waals surface area contributed by atoms with Crippen molar-refractivity contribution in [3.63, 3.8) is 0 Å². The highest BCUT2D eigenvalue weighted by molar-refractivity contribution is 5.77. The van der Waals surface area contributed by atoms with Crippen LogP contribution < -0.4 is 14.8 Å². The molecule has 0 spiro atoms. The first-order valence-corrected chi connectivity index (χ1v) is 9.69. The summed E-state index contributed by atoms with van der Waals surface area (Å²) < 4.78 is 26.3. The number of imidazole rings is 1. The van der Waals surface area contributed by atoms with E-state index in [0.29, 0.717) is 31.4 Å². The minimum atomic E-state index is -0.267. The molecule has 0 aliphatic carbocycles. The molecule has 3 aromatic rings. The second-order valence-corrected chi connectivity index (χ2v) is 7.20. The van der Waals surface area contributed by atoms with Crippen LogP contribution in [0.15, 0.2) is 42.5 Å². The number of hydrogen-bond donors (Lipinski definition) is 1. The quantitative estimate of drug-likeness (QED) is 0.526. The Hall–Kier alpha value is -2.60. The Bertz CT molecular complexity index is 891. The Kier molecular flexibility index (Phi) is 6.87. The van der Waals surface area contributed by atoms with Gasteiger partial charge in [0.25, 0.3) is 0 Å². The predicted molar refractivity (Wildman–Crippen MR) is 109 cm³/mol. The molecule has 0 bridgehead atoms. The lowest BCUT2D eigenvalue weighted by Crippen LogP contribution is -2.20. The smallest absolute Gasteiger partial charge is 0.124 e. The van der Waals surface area contributed by atoms with Gasteiger partial charge >= 0.3 is 0 Å². The van der Waals surface area contributed by atoms with Gasteiger partial charge in [0.2, 0.25) is 0 Å². The third-order valence-electron chi connectivity index (χ3n) is 4.61. The van der Waals surface area contributed by atoms with Crippen LogP contribution in [0.4, 0.5) is 4.39 Å². The molecule has 6 heteroatoms. The average Bonchev–Trinajstić information content (AvgIpc) is 3.03. The van der Waals surface area contributed by atoms with Gasteiger partial charge in [-0.15, -0.1) is 0 Å². The summed E-state index contributed by atoms with van der Waals surface area (Å²) in [5, 5.41) is 3.48. The minimum absolute atomic E-state index is 0.267. The van der Waals surface area contributed by atoms with E-state index < -0.39 is 0 Å². The molecule has 1 N–H and O–H groups in total. The van der Waals surface area contributed by atoms with Crippen LogP contribution in [0.5, 0.6) is 11.5 Å². The summed E-state index contributed by atoms with van der Waals surface area (Å²) in [5.74, 6) is 2.81. The highest BCUT2D eigenvalue weighted by Gasteiger charge is 2.12. The number of fused-ring (bicyclic) bond motifs is 1. The number of benzene rings is 2. The highest BCUT2D eigenvalue weighted by atomic mass is 19.1. The zero-order chi connectivity index (χ0) is 19.9. The van der Waals surface area contributed by atoms with Crippen molar-refractivity contribution >= 4 is 11.0 Å². The van der Waals surface area contributed by atoms with Crippen LogP contribution in [0, 0.1) is 11.7 Å². The fraction of sp³-hybridized carbons (Fsp3) is 0.409. The van der Waals surface area contributed by atoms with E-state index in [1.807, 2.05) is 18.2 Å². The second-order valence-electron chi connectivity index (χ2n) is 7.20. The number of hydrogen-bond acceptors (Lipinski definition) is 4. The molecule has 0 atom stereocenters. The standard InChI is InChI=1S/C22H28FN3O2/c1-16(2)10-11-24-15-22-25-20-14-19(27-3)8-9-21(20)26(22)12-13-28-18-6-4-17(23)5-7-18/h4-9,14,16,24H,10-13,15H2,1-3H3. The van der Waals surface area contributed by atoms with Gasteiger partial charge in [0.1, 0.15) is 29.7 Å². The van der Waals surface area contributed by atoms with E-state index in [4.69, 9.17) is 14.5 Å². The molecular weight excluding hydrogens is 357 g/mol. The van der Waals surface area contributed by atoms with Gasteiger partial charge in [-0.2, -0.15) is 0 Å². The van der Waals surface area contributed by atoms with Crippen molar-refractivity contribution in [2.45, 2.75) is 33.4 Å². The first-order chi connectivity index (χ1) is 13.6. The van der Waals surface area contributed by atoms with Crippen LogP contribution >= 0.6 is 0 Å². The van der Waals surface area contributed by atoms with Crippen molar-refractivity contribution in [3.05, 3.63) is 54.1 Å². The molecule has 0 fully saturated rings. The lowest BCUT2D eigenvalue weighted by atomic mass is 10.1. The zero-order valence-corrected chi connectivity index (χ0v) is 16.7. The molecule has 2 aromatic carbocycles. The summed E-state index contributed by atoms with van der Waals surface area (Å²) in [4.78, 5) is 4.79. The topological polar surface area (TPSA) is 48.3 Å².